The van der Waals surface area contributed by atoms with Crippen LogP contribution in [-0.4, -0.2) is 159 Å². The van der Waals surface area contributed by atoms with E-state index < -0.39 is 0 Å². The van der Waals surface area contributed by atoms with Crippen molar-refractivity contribution in [1.82, 2.24) is 56.8 Å². The number of nitrogens with one attached hydrogen (secondary N) is 2. The number of aryl methyl sites for hydroxylation is 2. The second-order valence-corrected chi connectivity index (χ2v) is 29.3. The molecule has 0 spiro atoms. The van der Waals surface area contributed by atoms with Crippen LogP contribution in [0.15, 0.2) is 142 Å². The molecule has 4 aliphatic heterocycles. The number of fused-ring (bicyclic) bond motifs is 6. The number of pyridine rings is 6. The molecular formula is C75H90N16O8S2. The molecule has 4 saturated heterocycles. The number of aliphatic hydroxyl groups is 1. The Morgan fingerprint density at radius 1 is 0.554 bits per heavy atom. The van der Waals surface area contributed by atoms with Crippen molar-refractivity contribution in [1.29, 1.82) is 0 Å². The van der Waals surface area contributed by atoms with Crippen LogP contribution in [0.1, 0.15) is 75.2 Å². The molecule has 3 N–H and O–H groups in total. The zero-order chi connectivity index (χ0) is 68.8. The van der Waals surface area contributed by atoms with Crippen LogP contribution in [0, 0.1) is 10.8 Å². The molecule has 6 aliphatic rings. The summed E-state index contributed by atoms with van der Waals surface area (Å²) in [5.74, 6) is 1.98. The van der Waals surface area contributed by atoms with Crippen molar-refractivity contribution in [3.8, 4) is 33.9 Å². The van der Waals surface area contributed by atoms with Crippen LogP contribution in [0.5, 0.6) is 0 Å². The number of methoxy groups -OCH3 is 1. The largest absolute Gasteiger partial charge is 0.392 e. The molecule has 101 heavy (non-hydrogen) atoms. The normalized spacial score (nSPS) is 18.8. The summed E-state index contributed by atoms with van der Waals surface area (Å²) >= 11 is 0. The SMILES string of the molecule is COCc1c(-c2cc(Nc3ccc(N4CCN(C5COC5)C[C@@H]4C)cn3)c(=O)n(C)c2)ccnc1-n1ccn2c3c(cc2c1=O)CC(C)(C)C3.C[C@H]1CN(C2COC2)CCN1c1ccc(Nc2cc(-c3ccnc(-n4ccn5c6c(cc5c4=O)CC(C)(C)C6)c3CO)cn(C)c2=O)nc1.S.S. The molecule has 26 heteroatoms. The van der Waals surface area contributed by atoms with E-state index in [-0.39, 0.29) is 73.3 Å². The summed E-state index contributed by atoms with van der Waals surface area (Å²) in [5.41, 5.74) is 12.7. The van der Waals surface area contributed by atoms with E-state index in [9.17, 15) is 24.3 Å². The summed E-state index contributed by atoms with van der Waals surface area (Å²) < 4.78 is 26.6. The first kappa shape index (κ1) is 70.6. The van der Waals surface area contributed by atoms with Crippen molar-refractivity contribution in [2.24, 2.45) is 24.9 Å². The number of hydrogen-bond donors (Lipinski definition) is 3. The van der Waals surface area contributed by atoms with Gasteiger partial charge in [-0.25, -0.2) is 19.9 Å². The molecule has 2 atom stereocenters. The van der Waals surface area contributed by atoms with Crippen LogP contribution in [0.4, 0.5) is 34.4 Å². The lowest BCUT2D eigenvalue weighted by molar-refractivity contribution is -0.0691. The summed E-state index contributed by atoms with van der Waals surface area (Å²) in [5, 5.41) is 17.1. The van der Waals surface area contributed by atoms with Crippen molar-refractivity contribution in [2.75, 3.05) is 93.2 Å². The molecule has 0 unspecified atom stereocenters. The molecule has 530 valence electrons. The van der Waals surface area contributed by atoms with Gasteiger partial charge in [-0.05, 0) is 133 Å². The zero-order valence-electron chi connectivity index (χ0n) is 58.7. The van der Waals surface area contributed by atoms with E-state index in [0.29, 0.717) is 86.5 Å². The maximum atomic E-state index is 13.9. The Bertz CT molecular complexity index is 5020. The molecule has 2 aliphatic carbocycles. The zero-order valence-corrected chi connectivity index (χ0v) is 60.7. The molecule has 0 saturated carbocycles. The Labute approximate surface area is 599 Å². The fourth-order valence-electron chi connectivity index (χ4n) is 15.7. The maximum absolute atomic E-state index is 13.9. The number of rotatable bonds is 15. The highest BCUT2D eigenvalue weighted by atomic mass is 32.1. The van der Waals surface area contributed by atoms with Gasteiger partial charge in [0.2, 0.25) is 0 Å². The molecule has 10 aromatic heterocycles. The molecule has 24 nitrogen and oxygen atoms in total. The molecule has 0 radical (unpaired) electrons. The topological polar surface area (TPSA) is 233 Å². The average molecular weight is 1410 g/mol. The van der Waals surface area contributed by atoms with Crippen LogP contribution in [0.25, 0.3) is 44.9 Å². The fourth-order valence-corrected chi connectivity index (χ4v) is 15.7. The van der Waals surface area contributed by atoms with Gasteiger partial charge in [-0.2, -0.15) is 27.0 Å². The lowest BCUT2D eigenvalue weighted by Gasteiger charge is -2.46. The fraction of sp³-hybridized carbons (Fsp3) is 0.413. The molecule has 16 rings (SSSR count). The number of piperazine rings is 2. The first-order valence-corrected chi connectivity index (χ1v) is 34.3. The predicted molar refractivity (Wildman–Crippen MR) is 404 cm³/mol. The summed E-state index contributed by atoms with van der Waals surface area (Å²) in [6, 6.07) is 21.0. The number of aromatic nitrogens is 10. The van der Waals surface area contributed by atoms with Crippen molar-refractivity contribution in [3.63, 3.8) is 0 Å². The highest BCUT2D eigenvalue weighted by molar-refractivity contribution is 7.59. The van der Waals surface area contributed by atoms with Gasteiger partial charge in [0.05, 0.1) is 75.5 Å². The van der Waals surface area contributed by atoms with Crippen molar-refractivity contribution in [3.05, 3.63) is 198 Å². The van der Waals surface area contributed by atoms with Gasteiger partial charge in [0.25, 0.3) is 22.2 Å². The summed E-state index contributed by atoms with van der Waals surface area (Å²) in [6.45, 7) is 22.5. The van der Waals surface area contributed by atoms with Crippen LogP contribution in [0.3, 0.4) is 0 Å². The highest BCUT2D eigenvalue weighted by Gasteiger charge is 2.36. The Balaban J connectivity index is 0.000000177. The minimum absolute atomic E-state index is 0. The molecule has 0 amide bonds. The van der Waals surface area contributed by atoms with Gasteiger partial charge in [-0.3, -0.25) is 38.1 Å². The molecule has 10 aromatic rings. The second-order valence-electron chi connectivity index (χ2n) is 29.3. The maximum Gasteiger partial charge on any atom is 0.280 e. The smallest absolute Gasteiger partial charge is 0.280 e. The van der Waals surface area contributed by atoms with Gasteiger partial charge in [0.15, 0.2) is 0 Å². The van der Waals surface area contributed by atoms with E-state index in [1.807, 2.05) is 76.1 Å². The van der Waals surface area contributed by atoms with E-state index in [1.54, 1.807) is 79.7 Å². The minimum atomic E-state index is -0.350. The lowest BCUT2D eigenvalue weighted by atomic mass is 9.90. The molecule has 4 fully saturated rings. The molecule has 0 bridgehead atoms. The predicted octanol–water partition coefficient (Wildman–Crippen LogP) is 7.91. The van der Waals surface area contributed by atoms with Crippen LogP contribution < -0.4 is 42.7 Å². The van der Waals surface area contributed by atoms with Crippen molar-refractivity contribution < 1.29 is 19.3 Å². The summed E-state index contributed by atoms with van der Waals surface area (Å²) in [7, 11) is 5.05. The number of hydrogen-bond acceptors (Lipinski definition) is 18. The number of aliphatic hydroxyl groups excluding tert-OH is 1. The molecular weight excluding hydrogens is 1320 g/mol. The van der Waals surface area contributed by atoms with Crippen molar-refractivity contribution >= 4 is 72.4 Å². The third-order valence-corrected chi connectivity index (χ3v) is 20.9. The first-order chi connectivity index (χ1) is 47.7. The second kappa shape index (κ2) is 28.2. The molecule has 14 heterocycles. The standard InChI is InChI=1S/C38H44N8O4.C37H42N8O4.2H2S/c1-24-19-43(28-21-50-22-28)10-11-44(24)27-6-7-34(40-18-27)41-31-14-26(20-42(4)36(31)47)29-8-9-39-35(30(29)23-49-5)46-13-12-45-32(37(46)48)15-25-16-38(2,3)17-33(25)45;1-23-18-42(27-21-49-22-27)9-10-43(23)26-5-6-33(39-17-26)40-30-13-25(19-41(4)35(30)47)28-7-8-38-34(29(28)20-46)45-12-11-44-31(36(45)48)14-24-15-37(2,3)16-32(24)44;;/h6-9,12-15,18,20,24,28H,10-11,16-17,19,21-23H2,1-5H3,(H,40,41);5-8,11-14,17,19,23,27,46H,9-10,15-16,18,20-22H2,1-4H3,(H,39,40);2*1H2/t24-;23-;;/m00../s1. The number of nitrogens with zero attached hydrogens (tertiary/aromatic N) is 14. The lowest BCUT2D eigenvalue weighted by Crippen LogP contribution is -2.59. The third kappa shape index (κ3) is 13.4. The monoisotopic (exact) mass is 1410 g/mol. The average Bonchev–Trinajstić information content (AvgIpc) is 1.61. The van der Waals surface area contributed by atoms with E-state index in [1.165, 1.54) is 31.6 Å². The number of anilines is 6. The van der Waals surface area contributed by atoms with Crippen molar-refractivity contribution in [2.45, 2.75) is 105 Å². The van der Waals surface area contributed by atoms with E-state index >= 15 is 0 Å². The van der Waals surface area contributed by atoms with Gasteiger partial charge in [-0.1, -0.05) is 27.7 Å². The highest BCUT2D eigenvalue weighted by Crippen LogP contribution is 2.40. The summed E-state index contributed by atoms with van der Waals surface area (Å²) in [6.07, 6.45) is 21.7. The first-order valence-electron chi connectivity index (χ1n) is 34.3. The third-order valence-electron chi connectivity index (χ3n) is 20.9. The van der Waals surface area contributed by atoms with Crippen LogP contribution in [-0.2, 0) is 67.2 Å². The Kier molecular flexibility index (Phi) is 19.7. The van der Waals surface area contributed by atoms with E-state index in [4.69, 9.17) is 19.2 Å². The van der Waals surface area contributed by atoms with Crippen LogP contribution >= 0.6 is 27.0 Å². The Hall–Kier alpha value is -8.86. The van der Waals surface area contributed by atoms with Gasteiger partial charge < -0.3 is 57.7 Å². The van der Waals surface area contributed by atoms with Gasteiger partial charge in [-0.15, -0.1) is 0 Å². The molecule has 0 aromatic carbocycles. The summed E-state index contributed by atoms with van der Waals surface area (Å²) in [4.78, 5) is 82.8. The van der Waals surface area contributed by atoms with E-state index in [0.717, 1.165) is 119 Å². The Morgan fingerprint density at radius 3 is 1.38 bits per heavy atom. The number of ether oxygens (including phenoxy) is 3. The van der Waals surface area contributed by atoms with Gasteiger partial charge in [0, 0.05) is 156 Å². The van der Waals surface area contributed by atoms with Gasteiger partial charge in [0.1, 0.15) is 45.7 Å². The van der Waals surface area contributed by atoms with Gasteiger partial charge >= 0.3 is 0 Å². The van der Waals surface area contributed by atoms with Crippen LogP contribution in [0.2, 0.25) is 0 Å². The van der Waals surface area contributed by atoms with E-state index in [2.05, 4.69) is 92.8 Å². The Morgan fingerprint density at radius 2 is 0.990 bits per heavy atom. The minimum Gasteiger partial charge on any atom is -0.392 e. The quantitative estimate of drug-likeness (QED) is 0.0884.